The predicted molar refractivity (Wildman–Crippen MR) is 72.3 cm³/mol. The summed E-state index contributed by atoms with van der Waals surface area (Å²) in [4.78, 5) is 0. The van der Waals surface area contributed by atoms with E-state index in [4.69, 9.17) is 0 Å². The Bertz CT molecular complexity index is 112. The molecule has 0 bridgehead atoms. The molecule has 2 unspecified atom stereocenters. The third kappa shape index (κ3) is 6.92. The van der Waals surface area contributed by atoms with Crippen molar-refractivity contribution < 1.29 is 0 Å². The van der Waals surface area contributed by atoms with Gasteiger partial charge in [0.1, 0.15) is 7.82 Å². The lowest BCUT2D eigenvalue weighted by Crippen LogP contribution is -2.10. The van der Waals surface area contributed by atoms with Crippen LogP contribution in [-0.4, -0.2) is 18.3 Å². The molecule has 0 rings (SSSR count). The fourth-order valence-electron chi connectivity index (χ4n) is 0.639. The second-order valence-corrected chi connectivity index (χ2v) is 11.6. The zero-order valence-corrected chi connectivity index (χ0v) is 12.9. The Morgan fingerprint density at radius 2 is 1.00 bits per heavy atom. The predicted octanol–water partition coefficient (Wildman–Crippen LogP) is 3.54. The van der Waals surface area contributed by atoms with Crippen molar-refractivity contribution >= 4 is 30.2 Å². The maximum Gasteiger partial charge on any atom is 0.147 e. The van der Waals surface area contributed by atoms with E-state index >= 15 is 0 Å². The molecule has 13 heavy (non-hydrogen) atoms. The first-order valence-electron chi connectivity index (χ1n) is 5.18. The van der Waals surface area contributed by atoms with Gasteiger partial charge in [-0.1, -0.05) is 41.5 Å². The molecular formula is C10H24S2Si. The summed E-state index contributed by atoms with van der Waals surface area (Å²) in [5, 5.41) is 1.72. The lowest BCUT2D eigenvalue weighted by atomic mass is 10.2. The van der Waals surface area contributed by atoms with Crippen LogP contribution in [0.5, 0.6) is 0 Å². The zero-order valence-electron chi connectivity index (χ0n) is 9.83. The summed E-state index contributed by atoms with van der Waals surface area (Å²) in [7, 11) is 0.0641. The average molecular weight is 237 g/mol. The fourth-order valence-corrected chi connectivity index (χ4v) is 10.3. The maximum atomic E-state index is 2.36. The summed E-state index contributed by atoms with van der Waals surface area (Å²) >= 11 is 4.46. The van der Waals surface area contributed by atoms with Gasteiger partial charge < -0.3 is 0 Å². The van der Waals surface area contributed by atoms with Crippen LogP contribution in [0.3, 0.4) is 0 Å². The van der Waals surface area contributed by atoms with Crippen molar-refractivity contribution in [2.75, 3.05) is 0 Å². The van der Waals surface area contributed by atoms with Gasteiger partial charge in [-0.05, 0) is 22.3 Å². The molecule has 0 heterocycles. The number of hydrogen-bond acceptors (Lipinski definition) is 2. The summed E-state index contributed by atoms with van der Waals surface area (Å²) < 4.78 is 0. The van der Waals surface area contributed by atoms with Gasteiger partial charge >= 0.3 is 0 Å². The first-order chi connectivity index (χ1) is 5.95. The van der Waals surface area contributed by atoms with E-state index in [0.717, 1.165) is 22.3 Å². The Kier molecular flexibility index (Phi) is 7.75. The first kappa shape index (κ1) is 13.9. The molecule has 0 fully saturated rings. The summed E-state index contributed by atoms with van der Waals surface area (Å²) in [6.07, 6.45) is 0. The highest BCUT2D eigenvalue weighted by Crippen LogP contribution is 2.25. The van der Waals surface area contributed by atoms with Gasteiger partial charge in [0.05, 0.1) is 0 Å². The Balaban J connectivity index is 3.45. The lowest BCUT2D eigenvalue weighted by molar-refractivity contribution is 0.644. The Hall–Kier alpha value is 0.917. The molecule has 0 aromatic carbocycles. The van der Waals surface area contributed by atoms with Gasteiger partial charge in [-0.2, -0.15) is 22.4 Å². The van der Waals surface area contributed by atoms with Crippen LogP contribution in [0.2, 0.25) is 0 Å². The summed E-state index contributed by atoms with van der Waals surface area (Å²) in [5.74, 6) is 1.68. The van der Waals surface area contributed by atoms with Crippen LogP contribution in [0, 0.1) is 11.8 Å². The minimum absolute atomic E-state index is 0.0641. The van der Waals surface area contributed by atoms with E-state index in [1.807, 2.05) is 0 Å². The molecular weight excluding hydrogens is 212 g/mol. The third-order valence-electron chi connectivity index (χ3n) is 2.54. The average Bonchev–Trinajstić information content (AvgIpc) is 2.03. The molecule has 0 spiro atoms. The molecule has 0 radical (unpaired) electrons. The fraction of sp³-hybridized carbons (Fsp3) is 1.00. The smallest absolute Gasteiger partial charge is 0.147 e. The van der Waals surface area contributed by atoms with Crippen LogP contribution in [-0.2, 0) is 0 Å². The first-order valence-corrected chi connectivity index (χ1v) is 10.7. The van der Waals surface area contributed by atoms with Gasteiger partial charge in [-0.3, -0.25) is 0 Å². The van der Waals surface area contributed by atoms with Crippen LogP contribution in [0.4, 0.5) is 0 Å². The maximum absolute atomic E-state index is 2.36. The van der Waals surface area contributed by atoms with Crippen LogP contribution in [0.1, 0.15) is 41.5 Å². The SMILES string of the molecule is CC(C)C(C)S[SiH2]SC(C)C(C)C. The Morgan fingerprint density at radius 3 is 1.23 bits per heavy atom. The van der Waals surface area contributed by atoms with Crippen LogP contribution >= 0.6 is 22.4 Å². The third-order valence-corrected chi connectivity index (χ3v) is 11.4. The van der Waals surface area contributed by atoms with E-state index in [0.29, 0.717) is 0 Å². The Labute approximate surface area is 94.1 Å². The highest BCUT2D eigenvalue weighted by Gasteiger charge is 2.10. The van der Waals surface area contributed by atoms with Crippen LogP contribution in [0.15, 0.2) is 0 Å². The van der Waals surface area contributed by atoms with Crippen molar-refractivity contribution in [3.63, 3.8) is 0 Å². The van der Waals surface area contributed by atoms with Gasteiger partial charge in [-0.15, -0.1) is 0 Å². The molecule has 0 saturated carbocycles. The monoisotopic (exact) mass is 236 g/mol. The summed E-state index contributed by atoms with van der Waals surface area (Å²) in [6.45, 7) is 14.0. The van der Waals surface area contributed by atoms with Crippen molar-refractivity contribution in [3.05, 3.63) is 0 Å². The molecule has 0 aliphatic rings. The molecule has 0 saturated heterocycles. The molecule has 2 atom stereocenters. The van der Waals surface area contributed by atoms with Gasteiger partial charge in [0.2, 0.25) is 0 Å². The van der Waals surface area contributed by atoms with E-state index in [-0.39, 0.29) is 7.82 Å². The second kappa shape index (κ2) is 7.24. The lowest BCUT2D eigenvalue weighted by Gasteiger charge is -2.18. The molecule has 3 heteroatoms. The van der Waals surface area contributed by atoms with Crippen LogP contribution in [0.25, 0.3) is 0 Å². The minimum Gasteiger partial charge on any atom is -0.177 e. The molecule has 0 amide bonds. The van der Waals surface area contributed by atoms with Crippen molar-refractivity contribution in [3.8, 4) is 0 Å². The van der Waals surface area contributed by atoms with Crippen molar-refractivity contribution in [2.45, 2.75) is 52.0 Å². The molecule has 0 aromatic heterocycles. The van der Waals surface area contributed by atoms with Gasteiger partial charge in [0, 0.05) is 0 Å². The number of rotatable bonds is 6. The van der Waals surface area contributed by atoms with E-state index in [1.54, 1.807) is 0 Å². The van der Waals surface area contributed by atoms with E-state index in [1.165, 1.54) is 0 Å². The Morgan fingerprint density at radius 1 is 0.692 bits per heavy atom. The largest absolute Gasteiger partial charge is 0.177 e. The molecule has 0 aromatic rings. The summed E-state index contributed by atoms with van der Waals surface area (Å²) in [6, 6.07) is 0. The van der Waals surface area contributed by atoms with Gasteiger partial charge in [-0.25, -0.2) is 0 Å². The molecule has 80 valence electrons. The van der Waals surface area contributed by atoms with E-state index in [9.17, 15) is 0 Å². The van der Waals surface area contributed by atoms with Crippen LogP contribution < -0.4 is 0 Å². The molecule has 0 N–H and O–H groups in total. The van der Waals surface area contributed by atoms with Gasteiger partial charge in [0.15, 0.2) is 0 Å². The highest BCUT2D eigenvalue weighted by molar-refractivity contribution is 8.50. The normalized spacial score (nSPS) is 17.5. The van der Waals surface area contributed by atoms with E-state index < -0.39 is 0 Å². The molecule has 0 aliphatic heterocycles. The second-order valence-electron chi connectivity index (χ2n) is 4.35. The highest BCUT2D eigenvalue weighted by atomic mass is 32.6. The van der Waals surface area contributed by atoms with Crippen molar-refractivity contribution in [1.82, 2.24) is 0 Å². The van der Waals surface area contributed by atoms with Crippen molar-refractivity contribution in [2.24, 2.45) is 11.8 Å². The standard InChI is InChI=1S/C10H24S2Si/c1-7(2)9(5)11-13-12-10(6)8(3)4/h7-10H,13H2,1-6H3. The minimum atomic E-state index is 0.0641. The molecule has 0 aliphatic carbocycles. The topological polar surface area (TPSA) is 0 Å². The molecule has 0 nitrogen and oxygen atoms in total. The van der Waals surface area contributed by atoms with Crippen molar-refractivity contribution in [1.29, 1.82) is 0 Å². The summed E-state index contributed by atoms with van der Waals surface area (Å²) in [5.41, 5.74) is 0. The van der Waals surface area contributed by atoms with Gasteiger partial charge in [0.25, 0.3) is 0 Å². The van der Waals surface area contributed by atoms with E-state index in [2.05, 4.69) is 64.0 Å². The quantitative estimate of drug-likeness (QED) is 0.647. The zero-order chi connectivity index (χ0) is 10.4. The number of hydrogen-bond donors (Lipinski definition) is 0.